The number of ether oxygens (including phenoxy) is 1. The van der Waals surface area contributed by atoms with E-state index in [0.717, 1.165) is 38.9 Å². The third kappa shape index (κ3) is 5.65. The molecule has 2 rings (SSSR count). The molecule has 1 aliphatic rings. The minimum absolute atomic E-state index is 0. The lowest BCUT2D eigenvalue weighted by molar-refractivity contribution is -0.385. The largest absolute Gasteiger partial charge is 0.477 e. The zero-order valence-electron chi connectivity index (χ0n) is 13.8. The Hall–Kier alpha value is -1.86. The molecule has 0 radical (unpaired) electrons. The predicted molar refractivity (Wildman–Crippen MR) is 93.7 cm³/mol. The number of para-hydroxylation sites is 2. The van der Waals surface area contributed by atoms with Crippen molar-refractivity contribution in [2.75, 3.05) is 33.3 Å². The highest BCUT2D eigenvalue weighted by atomic mass is 35.5. The first kappa shape index (κ1) is 20.2. The summed E-state index contributed by atoms with van der Waals surface area (Å²) in [6.45, 7) is 2.30. The van der Waals surface area contributed by atoms with Crippen molar-refractivity contribution in [1.29, 1.82) is 0 Å². The molecule has 24 heavy (non-hydrogen) atoms. The van der Waals surface area contributed by atoms with E-state index in [2.05, 4.69) is 5.32 Å². The lowest BCUT2D eigenvalue weighted by atomic mass is 9.93. The number of piperidine rings is 1. The first-order valence-corrected chi connectivity index (χ1v) is 7.90. The van der Waals surface area contributed by atoms with Gasteiger partial charge in [-0.15, -0.1) is 12.4 Å². The number of rotatable bonds is 7. The quantitative estimate of drug-likeness (QED) is 0.597. The molecule has 1 saturated heterocycles. The number of halogens is 1. The Bertz CT molecular complexity index is 548. The predicted octanol–water partition coefficient (Wildman–Crippen LogP) is 2.24. The Morgan fingerprint density at radius 3 is 2.67 bits per heavy atom. The molecule has 0 aromatic heterocycles. The van der Waals surface area contributed by atoms with Crippen LogP contribution in [0.1, 0.15) is 19.3 Å². The molecule has 1 N–H and O–H groups in total. The smallest absolute Gasteiger partial charge is 0.310 e. The van der Waals surface area contributed by atoms with Gasteiger partial charge < -0.3 is 15.0 Å². The summed E-state index contributed by atoms with van der Waals surface area (Å²) in [7, 11) is 1.94. The van der Waals surface area contributed by atoms with Crippen molar-refractivity contribution in [2.45, 2.75) is 19.3 Å². The number of carbonyl (C=O) groups is 1. The number of hydrogen-bond donors (Lipinski definition) is 1. The topological polar surface area (TPSA) is 84.7 Å². The number of nitro benzene ring substituents is 1. The van der Waals surface area contributed by atoms with E-state index in [1.807, 2.05) is 7.05 Å². The molecule has 1 aromatic carbocycles. The standard InChI is InChI=1S/C16H23N3O4.ClH/c1-17-9-6-13-7-10-18(11-8-13)16(20)12-23-15-5-3-2-4-14(15)19(21)22;/h2-5,13,17H,6-12H2,1H3;1H. The van der Waals surface area contributed by atoms with Crippen molar-refractivity contribution in [3.05, 3.63) is 34.4 Å². The summed E-state index contributed by atoms with van der Waals surface area (Å²) in [5.41, 5.74) is -0.119. The highest BCUT2D eigenvalue weighted by Crippen LogP contribution is 2.26. The third-order valence-corrected chi connectivity index (χ3v) is 4.18. The van der Waals surface area contributed by atoms with Gasteiger partial charge in [0.25, 0.3) is 5.91 Å². The van der Waals surface area contributed by atoms with E-state index in [4.69, 9.17) is 4.74 Å². The molecule has 1 aromatic rings. The van der Waals surface area contributed by atoms with Crippen LogP contribution >= 0.6 is 12.4 Å². The van der Waals surface area contributed by atoms with Crippen LogP contribution in [0.5, 0.6) is 5.75 Å². The molecule has 1 fully saturated rings. The van der Waals surface area contributed by atoms with Crippen LogP contribution in [0.2, 0.25) is 0 Å². The summed E-state index contributed by atoms with van der Waals surface area (Å²) in [4.78, 5) is 24.4. The van der Waals surface area contributed by atoms with Gasteiger partial charge in [0.2, 0.25) is 0 Å². The summed E-state index contributed by atoms with van der Waals surface area (Å²) in [5, 5.41) is 14.1. The second-order valence-corrected chi connectivity index (χ2v) is 5.73. The number of carbonyl (C=O) groups excluding carboxylic acids is 1. The molecule has 0 unspecified atom stereocenters. The SMILES string of the molecule is CNCCC1CCN(C(=O)COc2ccccc2[N+](=O)[O-])CC1.Cl. The van der Waals surface area contributed by atoms with E-state index in [1.54, 1.807) is 17.0 Å². The van der Waals surface area contributed by atoms with E-state index in [1.165, 1.54) is 12.1 Å². The highest BCUT2D eigenvalue weighted by molar-refractivity contribution is 5.85. The summed E-state index contributed by atoms with van der Waals surface area (Å²) in [6.07, 6.45) is 3.13. The molecule has 1 aliphatic heterocycles. The van der Waals surface area contributed by atoms with E-state index in [-0.39, 0.29) is 36.4 Å². The van der Waals surface area contributed by atoms with E-state index in [0.29, 0.717) is 5.92 Å². The molecule has 0 bridgehead atoms. The van der Waals surface area contributed by atoms with Crippen molar-refractivity contribution in [3.63, 3.8) is 0 Å². The maximum absolute atomic E-state index is 12.2. The van der Waals surface area contributed by atoms with Crippen molar-refractivity contribution >= 4 is 24.0 Å². The number of likely N-dealkylation sites (tertiary alicyclic amines) is 1. The number of nitro groups is 1. The number of nitrogens with one attached hydrogen (secondary N) is 1. The Kier molecular flexibility index (Phi) is 8.49. The number of amides is 1. The summed E-state index contributed by atoms with van der Waals surface area (Å²) in [5.74, 6) is 0.674. The molecule has 0 aliphatic carbocycles. The Morgan fingerprint density at radius 1 is 1.38 bits per heavy atom. The van der Waals surface area contributed by atoms with Gasteiger partial charge in [-0.2, -0.15) is 0 Å². The maximum Gasteiger partial charge on any atom is 0.310 e. The van der Waals surface area contributed by atoms with Gasteiger partial charge in [-0.25, -0.2) is 0 Å². The van der Waals surface area contributed by atoms with Gasteiger partial charge in [0.1, 0.15) is 0 Å². The highest BCUT2D eigenvalue weighted by Gasteiger charge is 2.23. The second-order valence-electron chi connectivity index (χ2n) is 5.73. The summed E-state index contributed by atoms with van der Waals surface area (Å²) < 4.78 is 5.36. The van der Waals surface area contributed by atoms with Gasteiger partial charge >= 0.3 is 5.69 Å². The van der Waals surface area contributed by atoms with Gasteiger partial charge in [0.05, 0.1) is 4.92 Å². The molecule has 134 valence electrons. The third-order valence-electron chi connectivity index (χ3n) is 4.18. The monoisotopic (exact) mass is 357 g/mol. The summed E-state index contributed by atoms with van der Waals surface area (Å²) in [6, 6.07) is 6.10. The maximum atomic E-state index is 12.2. The molecule has 1 heterocycles. The first-order valence-electron chi connectivity index (χ1n) is 7.90. The van der Waals surface area contributed by atoms with Gasteiger partial charge in [-0.3, -0.25) is 14.9 Å². The lowest BCUT2D eigenvalue weighted by Crippen LogP contribution is -2.41. The number of nitrogens with zero attached hydrogens (tertiary/aromatic N) is 2. The van der Waals surface area contributed by atoms with Crippen LogP contribution in [0.3, 0.4) is 0 Å². The van der Waals surface area contributed by atoms with Crippen LogP contribution in [-0.2, 0) is 4.79 Å². The minimum Gasteiger partial charge on any atom is -0.477 e. The van der Waals surface area contributed by atoms with Crippen LogP contribution in [0.25, 0.3) is 0 Å². The van der Waals surface area contributed by atoms with Crippen LogP contribution in [0, 0.1) is 16.0 Å². The zero-order chi connectivity index (χ0) is 16.7. The molecule has 0 saturated carbocycles. The molecule has 8 heteroatoms. The van der Waals surface area contributed by atoms with Crippen LogP contribution in [0.4, 0.5) is 5.69 Å². The summed E-state index contributed by atoms with van der Waals surface area (Å²) >= 11 is 0. The van der Waals surface area contributed by atoms with E-state index >= 15 is 0 Å². The molecular weight excluding hydrogens is 334 g/mol. The van der Waals surface area contributed by atoms with Crippen molar-refractivity contribution in [2.24, 2.45) is 5.92 Å². The van der Waals surface area contributed by atoms with Crippen LogP contribution in [-0.4, -0.2) is 49.0 Å². The molecule has 0 atom stereocenters. The van der Waals surface area contributed by atoms with Gasteiger partial charge in [-0.1, -0.05) is 12.1 Å². The zero-order valence-corrected chi connectivity index (χ0v) is 14.6. The normalized spacial score (nSPS) is 14.8. The fourth-order valence-electron chi connectivity index (χ4n) is 2.78. The fourth-order valence-corrected chi connectivity index (χ4v) is 2.78. The minimum atomic E-state index is -0.507. The van der Waals surface area contributed by atoms with Gasteiger partial charge in [0, 0.05) is 19.2 Å². The van der Waals surface area contributed by atoms with Crippen LogP contribution < -0.4 is 10.1 Å². The van der Waals surface area contributed by atoms with Gasteiger partial charge in [-0.05, 0) is 44.8 Å². The van der Waals surface area contributed by atoms with Crippen molar-refractivity contribution in [1.82, 2.24) is 10.2 Å². The second kappa shape index (κ2) is 10.1. The molecule has 1 amide bonds. The average molecular weight is 358 g/mol. The van der Waals surface area contributed by atoms with Crippen molar-refractivity contribution in [3.8, 4) is 5.75 Å². The molecule has 0 spiro atoms. The van der Waals surface area contributed by atoms with Gasteiger partial charge in [0.15, 0.2) is 12.4 Å². The Labute approximate surface area is 147 Å². The molecule has 7 nitrogen and oxygen atoms in total. The fraction of sp³-hybridized carbons (Fsp3) is 0.562. The Balaban J connectivity index is 0.00000288. The first-order chi connectivity index (χ1) is 11.1. The average Bonchev–Trinajstić information content (AvgIpc) is 2.58. The van der Waals surface area contributed by atoms with Crippen molar-refractivity contribution < 1.29 is 14.5 Å². The van der Waals surface area contributed by atoms with Crippen LogP contribution in [0.15, 0.2) is 24.3 Å². The number of benzene rings is 1. The lowest BCUT2D eigenvalue weighted by Gasteiger charge is -2.32. The Morgan fingerprint density at radius 2 is 2.04 bits per heavy atom. The van der Waals surface area contributed by atoms with E-state index in [9.17, 15) is 14.9 Å². The van der Waals surface area contributed by atoms with E-state index < -0.39 is 4.92 Å². The number of hydrogen-bond acceptors (Lipinski definition) is 5. The molecular formula is C16H24ClN3O4.